The molecule has 3 N–H and O–H groups in total. The van der Waals surface area contributed by atoms with Gasteiger partial charge >= 0.3 is 0 Å². The number of hydrogen-bond acceptors (Lipinski definition) is 7. The van der Waals surface area contributed by atoms with E-state index in [1.165, 1.54) is 0 Å². The van der Waals surface area contributed by atoms with Crippen LogP contribution in [0.1, 0.15) is 32.1 Å². The summed E-state index contributed by atoms with van der Waals surface area (Å²) in [5.41, 5.74) is 0.0653. The largest absolute Gasteiger partial charge is 0.493 e. The van der Waals surface area contributed by atoms with Gasteiger partial charge in [0, 0.05) is 40.9 Å². The highest BCUT2D eigenvalue weighted by molar-refractivity contribution is 6.13. The molecule has 2 aromatic carbocycles. The Morgan fingerprint density at radius 3 is 2.24 bits per heavy atom. The predicted octanol–water partition coefficient (Wildman–Crippen LogP) is 3.79. The smallest absolute Gasteiger partial charge is 0.240 e. The predicted molar refractivity (Wildman–Crippen MR) is 136 cm³/mol. The van der Waals surface area contributed by atoms with Crippen LogP contribution in [0.2, 0.25) is 0 Å². The SMILES string of the molecule is COc1cc2nccc(Oc3ccc(NC(=O)C4(C(=O)NC56CC(CO)(C5)C6)CC4)cc3)c2cc1OC. The fourth-order valence-electron chi connectivity index (χ4n) is 5.86. The van der Waals surface area contributed by atoms with Crippen molar-refractivity contribution in [2.75, 3.05) is 26.1 Å². The number of carbonyl (C=O) groups excluding carboxylic acids is 2. The van der Waals surface area contributed by atoms with Gasteiger partial charge in [0.15, 0.2) is 11.5 Å². The number of aliphatic hydroxyl groups is 1. The van der Waals surface area contributed by atoms with Gasteiger partial charge in [-0.15, -0.1) is 0 Å². The first-order valence-corrected chi connectivity index (χ1v) is 12.4. The Balaban J connectivity index is 1.12. The van der Waals surface area contributed by atoms with Crippen molar-refractivity contribution in [3.63, 3.8) is 0 Å². The van der Waals surface area contributed by atoms with Crippen molar-refractivity contribution in [3.8, 4) is 23.0 Å². The van der Waals surface area contributed by atoms with E-state index in [4.69, 9.17) is 14.2 Å². The van der Waals surface area contributed by atoms with Crippen molar-refractivity contribution < 1.29 is 28.9 Å². The number of nitrogens with zero attached hydrogens (tertiary/aromatic N) is 1. The summed E-state index contributed by atoms with van der Waals surface area (Å²) in [5.74, 6) is 1.86. The minimum absolute atomic E-state index is 0.00243. The molecule has 1 aromatic heterocycles. The van der Waals surface area contributed by atoms with Gasteiger partial charge in [-0.05, 0) is 68.5 Å². The van der Waals surface area contributed by atoms with Crippen molar-refractivity contribution in [1.29, 1.82) is 0 Å². The number of hydrogen-bond donors (Lipinski definition) is 3. The Bertz CT molecular complexity index is 1380. The maximum Gasteiger partial charge on any atom is 0.240 e. The fourth-order valence-corrected chi connectivity index (χ4v) is 5.86. The number of methoxy groups -OCH3 is 2. The van der Waals surface area contributed by atoms with Crippen molar-refractivity contribution in [3.05, 3.63) is 48.7 Å². The number of pyridine rings is 1. The number of amides is 2. The van der Waals surface area contributed by atoms with E-state index in [2.05, 4.69) is 15.6 Å². The highest BCUT2D eigenvalue weighted by Gasteiger charge is 2.69. The summed E-state index contributed by atoms with van der Waals surface area (Å²) >= 11 is 0. The van der Waals surface area contributed by atoms with E-state index in [0.29, 0.717) is 47.0 Å². The van der Waals surface area contributed by atoms with Crippen LogP contribution in [0.4, 0.5) is 5.69 Å². The Labute approximate surface area is 214 Å². The second-order valence-corrected chi connectivity index (χ2v) is 10.6. The third kappa shape index (κ3) is 3.85. The summed E-state index contributed by atoms with van der Waals surface area (Å²) in [6, 6.07) is 12.4. The lowest BCUT2D eigenvalue weighted by atomic mass is 9.39. The molecule has 2 bridgehead atoms. The van der Waals surface area contributed by atoms with Gasteiger partial charge in [0.2, 0.25) is 11.8 Å². The molecule has 37 heavy (non-hydrogen) atoms. The zero-order valence-corrected chi connectivity index (χ0v) is 20.8. The second kappa shape index (κ2) is 8.34. The summed E-state index contributed by atoms with van der Waals surface area (Å²) in [7, 11) is 3.15. The van der Waals surface area contributed by atoms with E-state index in [0.717, 1.165) is 24.6 Å². The van der Waals surface area contributed by atoms with Crippen LogP contribution in [0.5, 0.6) is 23.0 Å². The normalized spacial score (nSPS) is 24.3. The van der Waals surface area contributed by atoms with E-state index in [1.807, 2.05) is 6.07 Å². The van der Waals surface area contributed by atoms with Crippen LogP contribution in [-0.2, 0) is 9.59 Å². The van der Waals surface area contributed by atoms with Gasteiger partial charge < -0.3 is 30.0 Å². The van der Waals surface area contributed by atoms with Crippen molar-refractivity contribution in [2.45, 2.75) is 37.6 Å². The molecule has 2 amide bonds. The fraction of sp³-hybridized carbons (Fsp3) is 0.393. The molecule has 4 aliphatic rings. The molecule has 7 rings (SSSR count). The number of carbonyl (C=O) groups is 2. The first-order valence-electron chi connectivity index (χ1n) is 12.4. The Morgan fingerprint density at radius 1 is 0.946 bits per heavy atom. The summed E-state index contributed by atoms with van der Waals surface area (Å²) in [5, 5.41) is 16.2. The maximum atomic E-state index is 13.0. The molecule has 3 aromatic rings. The number of ether oxygens (including phenoxy) is 3. The van der Waals surface area contributed by atoms with E-state index < -0.39 is 5.41 Å². The number of benzene rings is 2. The summed E-state index contributed by atoms with van der Waals surface area (Å²) in [6.45, 7) is 0.163. The molecule has 9 heteroatoms. The van der Waals surface area contributed by atoms with Gasteiger partial charge in [0.25, 0.3) is 0 Å². The van der Waals surface area contributed by atoms with E-state index in [1.54, 1.807) is 56.8 Å². The lowest BCUT2D eigenvalue weighted by molar-refractivity contribution is -0.185. The molecule has 0 unspecified atom stereocenters. The van der Waals surface area contributed by atoms with E-state index >= 15 is 0 Å². The third-order valence-corrected chi connectivity index (χ3v) is 8.02. The average molecular weight is 504 g/mol. The number of nitrogens with one attached hydrogen (secondary N) is 2. The topological polar surface area (TPSA) is 119 Å². The standard InChI is InChI=1S/C28H29N3O6/c1-35-22-11-19-20(12-23(22)36-2)29-10-7-21(19)37-18-5-3-17(4-6-18)30-24(33)28(8-9-28)25(34)31-27-13-26(14-27,15-27)16-32/h3-7,10-12,32H,8-9,13-16H2,1-2H3,(H,30,33)(H,31,34). The Hall–Kier alpha value is -3.85. The minimum atomic E-state index is -1.01. The van der Waals surface area contributed by atoms with Gasteiger partial charge in [-0.25, -0.2) is 0 Å². The third-order valence-electron chi connectivity index (χ3n) is 8.02. The molecule has 192 valence electrons. The Morgan fingerprint density at radius 2 is 1.62 bits per heavy atom. The van der Waals surface area contributed by atoms with Crippen LogP contribution in [0.15, 0.2) is 48.7 Å². The molecule has 4 saturated carbocycles. The molecule has 4 aliphatic carbocycles. The first kappa shape index (κ1) is 23.5. The van der Waals surface area contributed by atoms with Gasteiger partial charge in [0.05, 0.1) is 19.7 Å². The van der Waals surface area contributed by atoms with E-state index in [9.17, 15) is 14.7 Å². The Kier molecular flexibility index (Phi) is 5.31. The molecule has 4 fully saturated rings. The van der Waals surface area contributed by atoms with Gasteiger partial charge in [-0.1, -0.05) is 0 Å². The lowest BCUT2D eigenvalue weighted by Crippen LogP contribution is -2.76. The number of aromatic nitrogens is 1. The van der Waals surface area contributed by atoms with Crippen molar-refractivity contribution in [1.82, 2.24) is 10.3 Å². The van der Waals surface area contributed by atoms with Crippen LogP contribution in [0, 0.1) is 10.8 Å². The quantitative estimate of drug-likeness (QED) is 0.380. The van der Waals surface area contributed by atoms with Crippen LogP contribution in [0.25, 0.3) is 10.9 Å². The van der Waals surface area contributed by atoms with Crippen LogP contribution in [0.3, 0.4) is 0 Å². The first-order chi connectivity index (χ1) is 17.8. The highest BCUT2D eigenvalue weighted by atomic mass is 16.5. The van der Waals surface area contributed by atoms with Gasteiger partial charge in [-0.2, -0.15) is 0 Å². The summed E-state index contributed by atoms with van der Waals surface area (Å²) in [4.78, 5) is 30.4. The number of anilines is 1. The van der Waals surface area contributed by atoms with Gasteiger partial charge in [0.1, 0.15) is 16.9 Å². The molecule has 0 radical (unpaired) electrons. The maximum absolute atomic E-state index is 13.0. The molecule has 1 heterocycles. The number of aliphatic hydroxyl groups excluding tert-OH is 1. The monoisotopic (exact) mass is 503 g/mol. The minimum Gasteiger partial charge on any atom is -0.493 e. The zero-order chi connectivity index (χ0) is 25.8. The molecule has 0 saturated heterocycles. The van der Waals surface area contributed by atoms with Crippen LogP contribution < -0.4 is 24.8 Å². The molecular formula is C28H29N3O6. The second-order valence-electron chi connectivity index (χ2n) is 10.6. The van der Waals surface area contributed by atoms with Gasteiger partial charge in [-0.3, -0.25) is 14.6 Å². The molecule has 0 atom stereocenters. The summed E-state index contributed by atoms with van der Waals surface area (Å²) in [6.07, 6.45) is 5.14. The average Bonchev–Trinajstić information content (AvgIpc) is 3.68. The van der Waals surface area contributed by atoms with Crippen LogP contribution >= 0.6 is 0 Å². The van der Waals surface area contributed by atoms with Crippen molar-refractivity contribution >= 4 is 28.4 Å². The number of rotatable bonds is 9. The highest BCUT2D eigenvalue weighted by Crippen LogP contribution is 2.67. The molecule has 0 spiro atoms. The zero-order valence-electron chi connectivity index (χ0n) is 20.8. The lowest BCUT2D eigenvalue weighted by Gasteiger charge is -2.70. The van der Waals surface area contributed by atoms with Crippen LogP contribution in [-0.4, -0.2) is 48.3 Å². The summed E-state index contributed by atoms with van der Waals surface area (Å²) < 4.78 is 16.9. The number of fused-ring (bicyclic) bond motifs is 1. The van der Waals surface area contributed by atoms with Crippen molar-refractivity contribution in [2.24, 2.45) is 10.8 Å². The molecular weight excluding hydrogens is 474 g/mol. The molecule has 9 nitrogen and oxygen atoms in total. The molecule has 0 aliphatic heterocycles. The van der Waals surface area contributed by atoms with E-state index in [-0.39, 0.29) is 29.4 Å².